The van der Waals surface area contributed by atoms with E-state index in [1.807, 2.05) is 18.7 Å². The van der Waals surface area contributed by atoms with E-state index in [1.165, 1.54) is 24.3 Å². The van der Waals surface area contributed by atoms with E-state index in [2.05, 4.69) is 15.0 Å². The largest absolute Gasteiger partial charge is 0.356 e. The normalized spacial score (nSPS) is 19.8. The average molecular weight is 408 g/mol. The number of likely N-dealkylation sites (tertiary alicyclic amines) is 1. The van der Waals surface area contributed by atoms with E-state index in [4.69, 9.17) is 0 Å². The fraction of sp³-hybridized carbons (Fsp3) is 0.474. The quantitative estimate of drug-likeness (QED) is 0.804. The highest BCUT2D eigenvalue weighted by molar-refractivity contribution is 8.00. The highest BCUT2D eigenvalue weighted by Gasteiger charge is 2.35. The van der Waals surface area contributed by atoms with Crippen LogP contribution in [0.4, 0.5) is 9.18 Å². The molecule has 152 valence electrons. The first-order valence-corrected chi connectivity index (χ1v) is 10.8. The molecule has 0 bridgehead atoms. The molecule has 0 aliphatic carbocycles. The van der Waals surface area contributed by atoms with E-state index >= 15 is 0 Å². The molecule has 0 saturated carbocycles. The Morgan fingerprint density at radius 2 is 1.82 bits per heavy atom. The van der Waals surface area contributed by atoms with E-state index in [9.17, 15) is 17.6 Å². The predicted octanol–water partition coefficient (Wildman–Crippen LogP) is 2.47. The van der Waals surface area contributed by atoms with Crippen LogP contribution in [0.5, 0.6) is 0 Å². The summed E-state index contributed by atoms with van der Waals surface area (Å²) in [5.41, 5.74) is 0.995. The molecule has 3 rings (SSSR count). The molecule has 0 atom stereocenters. The summed E-state index contributed by atoms with van der Waals surface area (Å²) in [6.45, 7) is 6.70. The van der Waals surface area contributed by atoms with E-state index in [0.717, 1.165) is 0 Å². The van der Waals surface area contributed by atoms with Crippen molar-refractivity contribution < 1.29 is 17.6 Å². The molecule has 0 unspecified atom stereocenters. The number of carbonyl (C=O) groups excluding carboxylic acids is 1. The SMILES string of the molecule is CC1=C(c2ccc(F)cc2)S(=O)(=O)N=C1N1CCC(NC(=O)NC(C)C)CC1. The molecule has 2 aliphatic heterocycles. The fourth-order valence-corrected chi connectivity index (χ4v) is 4.99. The summed E-state index contributed by atoms with van der Waals surface area (Å²) in [6.07, 6.45) is 1.40. The minimum atomic E-state index is -3.82. The van der Waals surface area contributed by atoms with Gasteiger partial charge in [0.25, 0.3) is 10.0 Å². The summed E-state index contributed by atoms with van der Waals surface area (Å²) in [7, 11) is -3.82. The van der Waals surface area contributed by atoms with E-state index in [-0.39, 0.29) is 23.0 Å². The van der Waals surface area contributed by atoms with E-state index < -0.39 is 15.8 Å². The minimum absolute atomic E-state index is 0.0365. The molecular formula is C19H25FN4O3S. The summed E-state index contributed by atoms with van der Waals surface area (Å²) in [5, 5.41) is 5.75. The number of hydrogen-bond donors (Lipinski definition) is 2. The van der Waals surface area contributed by atoms with Gasteiger partial charge in [-0.2, -0.15) is 8.42 Å². The van der Waals surface area contributed by atoms with Crippen LogP contribution in [0.25, 0.3) is 4.91 Å². The van der Waals surface area contributed by atoms with E-state index in [1.54, 1.807) is 6.92 Å². The van der Waals surface area contributed by atoms with Crippen LogP contribution in [0.1, 0.15) is 39.2 Å². The first kappa shape index (κ1) is 20.3. The van der Waals surface area contributed by atoms with Crippen LogP contribution in [0.15, 0.2) is 34.2 Å². The lowest BCUT2D eigenvalue weighted by Crippen LogP contribution is -2.50. The lowest BCUT2D eigenvalue weighted by molar-refractivity contribution is 0.224. The Labute approximate surface area is 164 Å². The number of halogens is 1. The van der Waals surface area contributed by atoms with Crippen molar-refractivity contribution in [1.29, 1.82) is 0 Å². The summed E-state index contributed by atoms with van der Waals surface area (Å²) in [4.78, 5) is 13.9. The second-order valence-electron chi connectivity index (χ2n) is 7.38. The maximum Gasteiger partial charge on any atom is 0.315 e. The lowest BCUT2D eigenvalue weighted by atomic mass is 10.0. The molecular weight excluding hydrogens is 383 g/mol. The number of hydrogen-bond acceptors (Lipinski definition) is 4. The molecule has 9 heteroatoms. The Balaban J connectivity index is 1.71. The van der Waals surface area contributed by atoms with Crippen molar-refractivity contribution in [3.8, 4) is 0 Å². The summed E-state index contributed by atoms with van der Waals surface area (Å²) in [5.74, 6) is 0.0130. The molecule has 0 spiro atoms. The van der Waals surface area contributed by atoms with Gasteiger partial charge in [-0.15, -0.1) is 4.40 Å². The van der Waals surface area contributed by atoms with Gasteiger partial charge in [-0.3, -0.25) is 0 Å². The van der Waals surface area contributed by atoms with Crippen LogP contribution >= 0.6 is 0 Å². The number of urea groups is 1. The number of rotatable bonds is 3. The number of amidine groups is 1. The number of carbonyl (C=O) groups is 1. The van der Waals surface area contributed by atoms with Gasteiger partial charge in [0.1, 0.15) is 16.6 Å². The molecule has 28 heavy (non-hydrogen) atoms. The van der Waals surface area contributed by atoms with Crippen LogP contribution in [-0.4, -0.2) is 50.4 Å². The Kier molecular flexibility index (Phi) is 5.74. The van der Waals surface area contributed by atoms with Gasteiger partial charge < -0.3 is 15.5 Å². The smallest absolute Gasteiger partial charge is 0.315 e. The van der Waals surface area contributed by atoms with Crippen LogP contribution < -0.4 is 10.6 Å². The highest BCUT2D eigenvalue weighted by Crippen LogP contribution is 2.34. The zero-order valence-corrected chi connectivity index (χ0v) is 17.0. The van der Waals surface area contributed by atoms with Crippen LogP contribution in [0.3, 0.4) is 0 Å². The second kappa shape index (κ2) is 7.90. The minimum Gasteiger partial charge on any atom is -0.356 e. The number of piperidine rings is 1. The third-order valence-electron chi connectivity index (χ3n) is 4.80. The van der Waals surface area contributed by atoms with Gasteiger partial charge >= 0.3 is 6.03 Å². The van der Waals surface area contributed by atoms with Crippen molar-refractivity contribution in [3.05, 3.63) is 41.2 Å². The maximum absolute atomic E-state index is 13.2. The topological polar surface area (TPSA) is 90.9 Å². The predicted molar refractivity (Wildman–Crippen MR) is 107 cm³/mol. The molecule has 1 aromatic rings. The first-order chi connectivity index (χ1) is 13.2. The van der Waals surface area contributed by atoms with Gasteiger partial charge in [0, 0.05) is 30.7 Å². The van der Waals surface area contributed by atoms with E-state index in [0.29, 0.717) is 42.9 Å². The van der Waals surface area contributed by atoms with Crippen molar-refractivity contribution in [2.75, 3.05) is 13.1 Å². The molecule has 2 heterocycles. The molecule has 1 fully saturated rings. The van der Waals surface area contributed by atoms with Gasteiger partial charge in [0.05, 0.1) is 0 Å². The maximum atomic E-state index is 13.2. The molecule has 2 amide bonds. The van der Waals surface area contributed by atoms with Crippen molar-refractivity contribution in [1.82, 2.24) is 15.5 Å². The average Bonchev–Trinajstić information content (AvgIpc) is 2.85. The molecule has 0 radical (unpaired) electrons. The van der Waals surface area contributed by atoms with Crippen LogP contribution in [-0.2, 0) is 10.0 Å². The van der Waals surface area contributed by atoms with Gasteiger partial charge in [0.2, 0.25) is 0 Å². The van der Waals surface area contributed by atoms with Gasteiger partial charge in [-0.1, -0.05) is 12.1 Å². The molecule has 1 saturated heterocycles. The van der Waals surface area contributed by atoms with Gasteiger partial charge in [-0.05, 0) is 51.3 Å². The summed E-state index contributed by atoms with van der Waals surface area (Å²) < 4.78 is 42.4. The monoisotopic (exact) mass is 408 g/mol. The molecule has 7 nitrogen and oxygen atoms in total. The van der Waals surface area contributed by atoms with Crippen molar-refractivity contribution >= 4 is 26.8 Å². The Bertz CT molecular complexity index is 915. The zero-order chi connectivity index (χ0) is 20.5. The number of benzene rings is 1. The van der Waals surface area contributed by atoms with Gasteiger partial charge in [-0.25, -0.2) is 9.18 Å². The Morgan fingerprint density at radius 1 is 1.21 bits per heavy atom. The second-order valence-corrected chi connectivity index (χ2v) is 8.93. The van der Waals surface area contributed by atoms with Crippen molar-refractivity contribution in [3.63, 3.8) is 0 Å². The highest BCUT2D eigenvalue weighted by atomic mass is 32.2. The van der Waals surface area contributed by atoms with Crippen molar-refractivity contribution in [2.24, 2.45) is 4.40 Å². The molecule has 1 aromatic carbocycles. The van der Waals surface area contributed by atoms with Crippen molar-refractivity contribution in [2.45, 2.75) is 45.7 Å². The van der Waals surface area contributed by atoms with Gasteiger partial charge in [0.15, 0.2) is 0 Å². The Hall–Kier alpha value is -2.42. The zero-order valence-electron chi connectivity index (χ0n) is 16.2. The number of amides is 2. The third-order valence-corrected chi connectivity index (χ3v) is 6.27. The lowest BCUT2D eigenvalue weighted by Gasteiger charge is -2.34. The Morgan fingerprint density at radius 3 is 2.39 bits per heavy atom. The number of sulfonamides is 1. The standard InChI is InChI=1S/C19H25FN4O3S/c1-12(2)21-19(25)22-16-8-10-24(11-9-16)18-13(3)17(28(26,27)23-18)14-4-6-15(20)7-5-14/h4-7,12,16H,8-11H2,1-3H3,(H2,21,22,25). The first-order valence-electron chi connectivity index (χ1n) is 9.31. The fourth-order valence-electron chi connectivity index (χ4n) is 3.51. The number of nitrogens with one attached hydrogen (secondary N) is 2. The molecule has 2 aliphatic rings. The van der Waals surface area contributed by atoms with Crippen LogP contribution in [0.2, 0.25) is 0 Å². The molecule has 2 N–H and O–H groups in total. The molecule has 0 aromatic heterocycles. The summed E-state index contributed by atoms with van der Waals surface area (Å²) in [6, 6.07) is 5.29. The third kappa shape index (κ3) is 4.35. The summed E-state index contributed by atoms with van der Waals surface area (Å²) >= 11 is 0. The van der Waals surface area contributed by atoms with Crippen LogP contribution in [0, 0.1) is 5.82 Å². The number of nitrogens with zero attached hydrogens (tertiary/aromatic N) is 2.